The van der Waals surface area contributed by atoms with Crippen LogP contribution >= 0.6 is 0 Å². The Morgan fingerprint density at radius 3 is 2.60 bits per heavy atom. The third-order valence-corrected chi connectivity index (χ3v) is 4.28. The molecule has 2 rings (SSSR count). The van der Waals surface area contributed by atoms with Crippen LogP contribution < -0.4 is 0 Å². The number of rotatable bonds is 4. The van der Waals surface area contributed by atoms with Gasteiger partial charge in [0, 0.05) is 11.1 Å². The van der Waals surface area contributed by atoms with Gasteiger partial charge in [-0.3, -0.25) is 9.36 Å². The summed E-state index contributed by atoms with van der Waals surface area (Å²) in [5, 5.41) is 0.500. The molecule has 1 aromatic carbocycles. The third kappa shape index (κ3) is 3.14. The van der Waals surface area contributed by atoms with Gasteiger partial charge in [0.2, 0.25) is 0 Å². The number of allylic oxidation sites excluding steroid dienone is 2. The van der Waals surface area contributed by atoms with Crippen molar-refractivity contribution in [1.29, 1.82) is 0 Å². The molecule has 2 aromatic rings. The second kappa shape index (κ2) is 6.48. The highest BCUT2D eigenvalue weighted by Crippen LogP contribution is 2.17. The molecule has 104 valence electrons. The first kappa shape index (κ1) is 14.5. The van der Waals surface area contributed by atoms with Crippen molar-refractivity contribution in [2.24, 2.45) is 0 Å². The molecule has 4 heteroatoms. The molecule has 0 saturated carbocycles. The Kier molecular flexibility index (Phi) is 4.69. The minimum atomic E-state index is -1.35. The summed E-state index contributed by atoms with van der Waals surface area (Å²) in [6.07, 6.45) is 5.74. The van der Waals surface area contributed by atoms with Gasteiger partial charge >= 0.3 is 0 Å². The summed E-state index contributed by atoms with van der Waals surface area (Å²) >= 11 is 0. The SMILES string of the molecule is CC/C=C/C(=O)n1cccc1S(=O)c1ccc(C)cc1. The average Bonchev–Trinajstić information content (AvgIpc) is 2.94. The lowest BCUT2D eigenvalue weighted by atomic mass is 10.2. The fraction of sp³-hybridized carbons (Fsp3) is 0.188. The Bertz CT molecular complexity index is 653. The zero-order valence-electron chi connectivity index (χ0n) is 11.6. The number of nitrogens with zero attached hydrogens (tertiary/aromatic N) is 1. The summed E-state index contributed by atoms with van der Waals surface area (Å²) < 4.78 is 14.0. The van der Waals surface area contributed by atoms with Crippen molar-refractivity contribution < 1.29 is 9.00 Å². The smallest absolute Gasteiger partial charge is 0.255 e. The molecule has 0 amide bonds. The Balaban J connectivity index is 2.32. The van der Waals surface area contributed by atoms with Gasteiger partial charge in [-0.25, -0.2) is 4.21 Å². The van der Waals surface area contributed by atoms with E-state index in [4.69, 9.17) is 0 Å². The van der Waals surface area contributed by atoms with Crippen LogP contribution in [0.15, 0.2) is 64.7 Å². The normalized spacial score (nSPS) is 12.7. The molecular formula is C16H17NO2S. The van der Waals surface area contributed by atoms with E-state index < -0.39 is 10.8 Å². The molecule has 3 nitrogen and oxygen atoms in total. The van der Waals surface area contributed by atoms with E-state index >= 15 is 0 Å². The Hall–Kier alpha value is -1.94. The van der Waals surface area contributed by atoms with Crippen molar-refractivity contribution in [2.75, 3.05) is 0 Å². The average molecular weight is 287 g/mol. The van der Waals surface area contributed by atoms with Crippen molar-refractivity contribution >= 4 is 16.7 Å². The molecule has 1 atom stereocenters. The zero-order valence-corrected chi connectivity index (χ0v) is 12.4. The number of aryl methyl sites for hydroxylation is 1. The van der Waals surface area contributed by atoms with Gasteiger partial charge in [0.05, 0.1) is 0 Å². The topological polar surface area (TPSA) is 39.1 Å². The van der Waals surface area contributed by atoms with Gasteiger partial charge in [-0.05, 0) is 43.7 Å². The Labute approximate surface area is 121 Å². The van der Waals surface area contributed by atoms with Crippen LogP contribution in [-0.4, -0.2) is 14.7 Å². The van der Waals surface area contributed by atoms with Crippen molar-refractivity contribution in [3.63, 3.8) is 0 Å². The van der Waals surface area contributed by atoms with Crippen LogP contribution in [0.5, 0.6) is 0 Å². The second-order valence-corrected chi connectivity index (χ2v) is 5.87. The van der Waals surface area contributed by atoms with Crippen LogP contribution in [-0.2, 0) is 10.8 Å². The molecule has 1 heterocycles. The molecule has 0 saturated heterocycles. The largest absolute Gasteiger partial charge is 0.276 e. The number of carbonyl (C=O) groups excluding carboxylic acids is 1. The quantitative estimate of drug-likeness (QED) is 0.806. The van der Waals surface area contributed by atoms with E-state index in [0.717, 1.165) is 12.0 Å². The standard InChI is InChI=1S/C16H17NO2S/c1-3-4-6-15(18)17-12-5-7-16(17)20(19)14-10-8-13(2)9-11-14/h4-12H,3H2,1-2H3/b6-4+. The maximum Gasteiger partial charge on any atom is 0.255 e. The van der Waals surface area contributed by atoms with Crippen molar-refractivity contribution in [3.05, 3.63) is 60.3 Å². The summed E-state index contributed by atoms with van der Waals surface area (Å²) in [5.41, 5.74) is 1.11. The predicted molar refractivity (Wildman–Crippen MR) is 80.3 cm³/mol. The highest BCUT2D eigenvalue weighted by Gasteiger charge is 2.14. The van der Waals surface area contributed by atoms with E-state index in [1.807, 2.05) is 38.1 Å². The lowest BCUT2D eigenvalue weighted by Gasteiger charge is -2.06. The molecule has 1 unspecified atom stereocenters. The van der Waals surface area contributed by atoms with E-state index in [9.17, 15) is 9.00 Å². The predicted octanol–water partition coefficient (Wildman–Crippen LogP) is 3.57. The second-order valence-electron chi connectivity index (χ2n) is 4.45. The Morgan fingerprint density at radius 1 is 1.25 bits per heavy atom. The van der Waals surface area contributed by atoms with Crippen LogP contribution in [0, 0.1) is 6.92 Å². The van der Waals surface area contributed by atoms with Crippen molar-refractivity contribution in [3.8, 4) is 0 Å². The molecular weight excluding hydrogens is 270 g/mol. The van der Waals surface area contributed by atoms with Crippen molar-refractivity contribution in [2.45, 2.75) is 30.2 Å². The number of benzene rings is 1. The Morgan fingerprint density at radius 2 is 1.95 bits per heavy atom. The fourth-order valence-corrected chi connectivity index (χ4v) is 2.94. The summed E-state index contributed by atoms with van der Waals surface area (Å²) in [5.74, 6) is -0.174. The van der Waals surface area contributed by atoms with E-state index in [1.165, 1.54) is 10.6 Å². The molecule has 0 aliphatic heterocycles. The highest BCUT2D eigenvalue weighted by molar-refractivity contribution is 7.85. The molecule has 0 fully saturated rings. The van der Waals surface area contributed by atoms with Crippen LogP contribution in [0.2, 0.25) is 0 Å². The van der Waals surface area contributed by atoms with Gasteiger partial charge in [-0.15, -0.1) is 0 Å². The van der Waals surface area contributed by atoms with E-state index in [-0.39, 0.29) is 5.91 Å². The first-order valence-electron chi connectivity index (χ1n) is 6.50. The zero-order chi connectivity index (χ0) is 14.5. The van der Waals surface area contributed by atoms with Gasteiger partial charge in [-0.1, -0.05) is 30.7 Å². The van der Waals surface area contributed by atoms with E-state index in [1.54, 1.807) is 24.4 Å². The summed E-state index contributed by atoms with van der Waals surface area (Å²) in [7, 11) is -1.35. The van der Waals surface area contributed by atoms with Crippen LogP contribution in [0.1, 0.15) is 23.7 Å². The first-order valence-corrected chi connectivity index (χ1v) is 7.65. The fourth-order valence-electron chi connectivity index (χ4n) is 1.78. The lowest BCUT2D eigenvalue weighted by Crippen LogP contribution is -2.11. The molecule has 0 radical (unpaired) electrons. The van der Waals surface area contributed by atoms with Crippen LogP contribution in [0.25, 0.3) is 0 Å². The number of hydrogen-bond acceptors (Lipinski definition) is 2. The van der Waals surface area contributed by atoms with Crippen LogP contribution in [0.3, 0.4) is 0 Å². The maximum atomic E-state index is 12.5. The van der Waals surface area contributed by atoms with Gasteiger partial charge in [0.15, 0.2) is 0 Å². The monoisotopic (exact) mass is 287 g/mol. The molecule has 0 N–H and O–H groups in total. The number of hydrogen-bond donors (Lipinski definition) is 0. The molecule has 20 heavy (non-hydrogen) atoms. The van der Waals surface area contributed by atoms with Gasteiger partial charge in [0.25, 0.3) is 5.91 Å². The minimum absolute atomic E-state index is 0.174. The maximum absolute atomic E-state index is 12.5. The molecule has 0 aliphatic rings. The first-order chi connectivity index (χ1) is 9.63. The summed E-state index contributed by atoms with van der Waals surface area (Å²) in [6, 6.07) is 10.9. The molecule has 0 spiro atoms. The highest BCUT2D eigenvalue weighted by atomic mass is 32.2. The van der Waals surface area contributed by atoms with Gasteiger partial charge in [-0.2, -0.15) is 0 Å². The minimum Gasteiger partial charge on any atom is -0.276 e. The summed E-state index contributed by atoms with van der Waals surface area (Å²) in [4.78, 5) is 12.7. The summed E-state index contributed by atoms with van der Waals surface area (Å²) in [6.45, 7) is 3.94. The lowest BCUT2D eigenvalue weighted by molar-refractivity contribution is 0.0960. The van der Waals surface area contributed by atoms with Gasteiger partial charge in [0.1, 0.15) is 15.8 Å². The third-order valence-electron chi connectivity index (χ3n) is 2.87. The molecule has 0 bridgehead atoms. The number of carbonyl (C=O) groups is 1. The van der Waals surface area contributed by atoms with Gasteiger partial charge < -0.3 is 0 Å². The van der Waals surface area contributed by atoms with E-state index in [0.29, 0.717) is 9.92 Å². The number of aromatic nitrogens is 1. The van der Waals surface area contributed by atoms with E-state index in [2.05, 4.69) is 0 Å². The molecule has 1 aromatic heterocycles. The van der Waals surface area contributed by atoms with Crippen molar-refractivity contribution in [1.82, 2.24) is 4.57 Å². The molecule has 0 aliphatic carbocycles. The van der Waals surface area contributed by atoms with Crippen LogP contribution in [0.4, 0.5) is 0 Å².